The molecule has 0 spiro atoms. The highest BCUT2D eigenvalue weighted by Gasteiger charge is 2.12. The van der Waals surface area contributed by atoms with Crippen molar-refractivity contribution < 1.29 is 4.74 Å². The summed E-state index contributed by atoms with van der Waals surface area (Å²) in [6.45, 7) is 2.79. The molecule has 1 aliphatic heterocycles. The first-order valence-corrected chi connectivity index (χ1v) is 4.67. The van der Waals surface area contributed by atoms with E-state index in [4.69, 9.17) is 4.74 Å². The second-order valence-electron chi connectivity index (χ2n) is 2.81. The Morgan fingerprint density at radius 3 is 3.00 bits per heavy atom. The van der Waals surface area contributed by atoms with Gasteiger partial charge in [-0.2, -0.15) is 0 Å². The van der Waals surface area contributed by atoms with Crippen LogP contribution in [0.25, 0.3) is 5.57 Å². The van der Waals surface area contributed by atoms with Gasteiger partial charge in [0.05, 0.1) is 4.47 Å². The van der Waals surface area contributed by atoms with Crippen LogP contribution in [0.15, 0.2) is 28.7 Å². The SMILES string of the molecule is CC1=CCOc2c(Br)cccc21. The van der Waals surface area contributed by atoms with Crippen molar-refractivity contribution in [2.75, 3.05) is 6.61 Å². The van der Waals surface area contributed by atoms with E-state index in [2.05, 4.69) is 35.0 Å². The molecule has 62 valence electrons. The van der Waals surface area contributed by atoms with Crippen molar-refractivity contribution in [1.82, 2.24) is 0 Å². The summed E-state index contributed by atoms with van der Waals surface area (Å²) < 4.78 is 6.54. The van der Waals surface area contributed by atoms with Crippen LogP contribution < -0.4 is 4.74 Å². The van der Waals surface area contributed by atoms with Crippen molar-refractivity contribution in [2.45, 2.75) is 6.92 Å². The summed E-state index contributed by atoms with van der Waals surface area (Å²) in [7, 11) is 0. The molecule has 0 amide bonds. The van der Waals surface area contributed by atoms with E-state index < -0.39 is 0 Å². The van der Waals surface area contributed by atoms with Gasteiger partial charge < -0.3 is 4.74 Å². The molecular weight excluding hydrogens is 216 g/mol. The molecule has 1 aliphatic rings. The molecule has 0 aliphatic carbocycles. The van der Waals surface area contributed by atoms with E-state index in [1.54, 1.807) is 0 Å². The van der Waals surface area contributed by atoms with E-state index in [1.807, 2.05) is 12.1 Å². The lowest BCUT2D eigenvalue weighted by molar-refractivity contribution is 0.355. The lowest BCUT2D eigenvalue weighted by atomic mass is 10.0. The van der Waals surface area contributed by atoms with E-state index in [-0.39, 0.29) is 0 Å². The van der Waals surface area contributed by atoms with Crippen LogP contribution in [0.1, 0.15) is 12.5 Å². The number of allylic oxidation sites excluding steroid dienone is 1. The van der Waals surface area contributed by atoms with Crippen LogP contribution in [0.5, 0.6) is 5.75 Å². The Hall–Kier alpha value is -0.760. The van der Waals surface area contributed by atoms with Crippen LogP contribution in [0.4, 0.5) is 0 Å². The van der Waals surface area contributed by atoms with Gasteiger partial charge in [0, 0.05) is 5.56 Å². The van der Waals surface area contributed by atoms with Gasteiger partial charge in [0.2, 0.25) is 0 Å². The standard InChI is InChI=1S/C10H9BrO/c1-7-5-6-12-10-8(7)3-2-4-9(10)11/h2-5H,6H2,1H3. The molecular formula is C10H9BrO. The second kappa shape index (κ2) is 2.94. The highest BCUT2D eigenvalue weighted by Crippen LogP contribution is 2.35. The molecule has 1 aromatic rings. The van der Waals surface area contributed by atoms with E-state index in [1.165, 1.54) is 11.1 Å². The summed E-state index contributed by atoms with van der Waals surface area (Å²) in [6.07, 6.45) is 2.09. The molecule has 2 heteroatoms. The summed E-state index contributed by atoms with van der Waals surface area (Å²) in [5.74, 6) is 0.970. The molecule has 1 heterocycles. The molecule has 12 heavy (non-hydrogen) atoms. The highest BCUT2D eigenvalue weighted by atomic mass is 79.9. The van der Waals surface area contributed by atoms with Crippen LogP contribution in [-0.2, 0) is 0 Å². The Labute approximate surface area is 80.2 Å². The Morgan fingerprint density at radius 2 is 2.25 bits per heavy atom. The Kier molecular flexibility index (Phi) is 1.93. The summed E-state index contributed by atoms with van der Waals surface area (Å²) in [4.78, 5) is 0. The normalized spacial score (nSPS) is 14.7. The molecule has 0 fully saturated rings. The Bertz CT molecular complexity index is 342. The second-order valence-corrected chi connectivity index (χ2v) is 3.67. The quantitative estimate of drug-likeness (QED) is 0.658. The third-order valence-electron chi connectivity index (χ3n) is 2.01. The molecule has 0 saturated heterocycles. The van der Waals surface area contributed by atoms with E-state index in [0.29, 0.717) is 6.61 Å². The van der Waals surface area contributed by atoms with E-state index in [9.17, 15) is 0 Å². The van der Waals surface area contributed by atoms with Crippen LogP contribution in [0, 0.1) is 0 Å². The predicted octanol–water partition coefficient (Wildman–Crippen LogP) is 3.24. The average molecular weight is 225 g/mol. The van der Waals surface area contributed by atoms with Crippen LogP contribution in [-0.4, -0.2) is 6.61 Å². The van der Waals surface area contributed by atoms with Crippen LogP contribution in [0.2, 0.25) is 0 Å². The van der Waals surface area contributed by atoms with E-state index in [0.717, 1.165) is 10.2 Å². The van der Waals surface area contributed by atoms with Gasteiger partial charge >= 0.3 is 0 Å². The van der Waals surface area contributed by atoms with Crippen LogP contribution in [0.3, 0.4) is 0 Å². The van der Waals surface area contributed by atoms with E-state index >= 15 is 0 Å². The number of benzene rings is 1. The molecule has 1 nitrogen and oxygen atoms in total. The van der Waals surface area contributed by atoms with Gasteiger partial charge in [-0.25, -0.2) is 0 Å². The number of halogens is 1. The molecule has 0 radical (unpaired) electrons. The molecule has 0 aromatic heterocycles. The summed E-state index contributed by atoms with van der Waals surface area (Å²) in [6, 6.07) is 6.09. The first-order chi connectivity index (χ1) is 5.79. The van der Waals surface area contributed by atoms with Crippen molar-refractivity contribution in [2.24, 2.45) is 0 Å². The fourth-order valence-electron chi connectivity index (χ4n) is 1.33. The topological polar surface area (TPSA) is 9.23 Å². The predicted molar refractivity (Wildman–Crippen MR) is 53.3 cm³/mol. The minimum Gasteiger partial charge on any atom is -0.488 e. The van der Waals surface area contributed by atoms with Gasteiger partial charge in [-0.3, -0.25) is 0 Å². The minimum absolute atomic E-state index is 0.682. The first kappa shape index (κ1) is 7.87. The summed E-state index contributed by atoms with van der Waals surface area (Å²) in [5.41, 5.74) is 2.48. The van der Waals surface area contributed by atoms with Gasteiger partial charge in [0.1, 0.15) is 12.4 Å². The number of rotatable bonds is 0. The minimum atomic E-state index is 0.682. The number of hydrogen-bond acceptors (Lipinski definition) is 1. The zero-order valence-electron chi connectivity index (χ0n) is 6.80. The zero-order valence-corrected chi connectivity index (χ0v) is 8.39. The largest absolute Gasteiger partial charge is 0.488 e. The van der Waals surface area contributed by atoms with Gasteiger partial charge in [0.25, 0.3) is 0 Å². The fraction of sp³-hybridized carbons (Fsp3) is 0.200. The van der Waals surface area contributed by atoms with Gasteiger partial charge in [-0.05, 0) is 40.6 Å². The fourth-order valence-corrected chi connectivity index (χ4v) is 1.81. The molecule has 0 atom stereocenters. The lowest BCUT2D eigenvalue weighted by Gasteiger charge is -2.17. The third-order valence-corrected chi connectivity index (χ3v) is 2.63. The molecule has 2 rings (SSSR count). The maximum atomic E-state index is 5.50. The zero-order chi connectivity index (χ0) is 8.55. The summed E-state index contributed by atoms with van der Waals surface area (Å²) in [5, 5.41) is 0. The highest BCUT2D eigenvalue weighted by molar-refractivity contribution is 9.10. The monoisotopic (exact) mass is 224 g/mol. The maximum absolute atomic E-state index is 5.50. The molecule has 0 unspecified atom stereocenters. The average Bonchev–Trinajstić information content (AvgIpc) is 2.07. The number of hydrogen-bond donors (Lipinski definition) is 0. The molecule has 0 saturated carbocycles. The molecule has 1 aromatic carbocycles. The Morgan fingerprint density at radius 1 is 1.42 bits per heavy atom. The van der Waals surface area contributed by atoms with Crippen molar-refractivity contribution >= 4 is 21.5 Å². The van der Waals surface area contributed by atoms with Crippen molar-refractivity contribution in [3.05, 3.63) is 34.3 Å². The number of ether oxygens (including phenoxy) is 1. The Balaban J connectivity index is 2.62. The number of fused-ring (bicyclic) bond motifs is 1. The van der Waals surface area contributed by atoms with Crippen molar-refractivity contribution in [3.8, 4) is 5.75 Å². The first-order valence-electron chi connectivity index (χ1n) is 3.87. The summed E-state index contributed by atoms with van der Waals surface area (Å²) >= 11 is 3.46. The van der Waals surface area contributed by atoms with Crippen molar-refractivity contribution in [3.63, 3.8) is 0 Å². The maximum Gasteiger partial charge on any atom is 0.141 e. The van der Waals surface area contributed by atoms with Gasteiger partial charge in [0.15, 0.2) is 0 Å². The third kappa shape index (κ3) is 1.16. The molecule has 0 N–H and O–H groups in total. The lowest BCUT2D eigenvalue weighted by Crippen LogP contribution is -2.03. The van der Waals surface area contributed by atoms with Crippen molar-refractivity contribution in [1.29, 1.82) is 0 Å². The smallest absolute Gasteiger partial charge is 0.141 e. The number of para-hydroxylation sites is 1. The van der Waals surface area contributed by atoms with Gasteiger partial charge in [-0.15, -0.1) is 0 Å². The molecule has 0 bridgehead atoms. The van der Waals surface area contributed by atoms with Crippen LogP contribution >= 0.6 is 15.9 Å². The van der Waals surface area contributed by atoms with Gasteiger partial charge in [-0.1, -0.05) is 12.1 Å².